The molecule has 0 fully saturated rings. The number of hydrogen-bond acceptors (Lipinski definition) is 8. The molecule has 0 saturated carbocycles. The summed E-state index contributed by atoms with van der Waals surface area (Å²) in [5.74, 6) is -0.0934. The number of nitrogens with one attached hydrogen (secondary N) is 1. The maximum Gasteiger partial charge on any atom is 1.00 e. The number of nitrogens with zero attached hydrogens (tertiary/aromatic N) is 1. The van der Waals surface area contributed by atoms with Crippen LogP contribution in [0.4, 0.5) is 0 Å². The van der Waals surface area contributed by atoms with Crippen molar-refractivity contribution in [3.8, 4) is 0 Å². The number of fused-ring (bicyclic) bond motifs is 1. The van der Waals surface area contributed by atoms with Gasteiger partial charge in [0.25, 0.3) is 0 Å². The molecule has 1 N–H and O–H groups in total. The summed E-state index contributed by atoms with van der Waals surface area (Å²) >= 11 is 5.52. The predicted octanol–water partition coefficient (Wildman–Crippen LogP) is -1.60. The Bertz CT molecular complexity index is 1150. The molecule has 0 bridgehead atoms. The van der Waals surface area contributed by atoms with Gasteiger partial charge in [0.05, 0.1) is 26.0 Å². The first-order valence-corrected chi connectivity index (χ1v) is 14.8. The van der Waals surface area contributed by atoms with Gasteiger partial charge in [-0.15, -0.1) is 0 Å². The number of aryl methyl sites for hydroxylation is 1. The first kappa shape index (κ1) is 35.6. The van der Waals surface area contributed by atoms with Crippen LogP contribution in [-0.4, -0.2) is 46.5 Å². The molecule has 0 atom stereocenters. The second-order valence-electron chi connectivity index (χ2n) is 8.42. The number of aromatic amines is 1. The minimum Gasteiger partial charge on any atom is -0.748 e. The van der Waals surface area contributed by atoms with E-state index in [0.29, 0.717) is 28.8 Å². The third kappa shape index (κ3) is 13.8. The van der Waals surface area contributed by atoms with Crippen LogP contribution in [0.1, 0.15) is 82.5 Å². The van der Waals surface area contributed by atoms with Gasteiger partial charge in [0, 0.05) is 18.6 Å². The molecule has 35 heavy (non-hydrogen) atoms. The number of H-pyrrole nitrogens is 1. The molecule has 1 aromatic carbocycles. The second-order valence-corrected chi connectivity index (χ2v) is 11.9. The minimum absolute atomic E-state index is 0. The summed E-state index contributed by atoms with van der Waals surface area (Å²) in [5, 5.41) is 0. The van der Waals surface area contributed by atoms with E-state index in [2.05, 4.69) is 16.9 Å². The Morgan fingerprint density at radius 3 is 2.11 bits per heavy atom. The van der Waals surface area contributed by atoms with E-state index in [1.54, 1.807) is 0 Å². The smallest absolute Gasteiger partial charge is 0.748 e. The fraction of sp³-hybridized carbons (Fsp3) is 0.636. The molecule has 2 rings (SSSR count). The van der Waals surface area contributed by atoms with Crippen molar-refractivity contribution in [1.82, 2.24) is 9.97 Å². The van der Waals surface area contributed by atoms with Crippen LogP contribution in [0.15, 0.2) is 17.0 Å². The molecule has 0 aliphatic carbocycles. The van der Waals surface area contributed by atoms with Crippen LogP contribution < -0.4 is 59.1 Å². The molecule has 13 heteroatoms. The summed E-state index contributed by atoms with van der Waals surface area (Å²) < 4.78 is 67.3. The molecule has 0 spiro atoms. The van der Waals surface area contributed by atoms with Crippen LogP contribution >= 0.6 is 12.2 Å². The summed E-state index contributed by atoms with van der Waals surface area (Å²) in [5.41, 5.74) is 1.42. The first-order chi connectivity index (χ1) is 15.5. The normalized spacial score (nSPS) is 11.7. The van der Waals surface area contributed by atoms with Crippen LogP contribution in [0.2, 0.25) is 0 Å². The van der Waals surface area contributed by atoms with Gasteiger partial charge in [0.1, 0.15) is 15.9 Å². The van der Waals surface area contributed by atoms with E-state index in [1.165, 1.54) is 50.7 Å². The van der Waals surface area contributed by atoms with E-state index in [0.717, 1.165) is 24.1 Å². The molecule has 0 saturated heterocycles. The largest absolute Gasteiger partial charge is 1.00 e. The van der Waals surface area contributed by atoms with Crippen LogP contribution in [0.5, 0.6) is 0 Å². The predicted molar refractivity (Wildman–Crippen MR) is 130 cm³/mol. The Morgan fingerprint density at radius 2 is 1.54 bits per heavy atom. The summed E-state index contributed by atoms with van der Waals surface area (Å²) in [6.07, 6.45) is 10.8. The molecule has 8 nitrogen and oxygen atoms in total. The molecular formula is C22H32N2Na2O6S3. The Labute approximate surface area is 258 Å². The SMILES string of the molecule is CCCCCCCCCCC(=S)Cc1cc(S(=O)(=O)[O-])cc2[nH]c(CCCS(=O)(=O)[O-])nc12.[Na+].[Na+]. The molecule has 0 aliphatic heterocycles. The van der Waals surface area contributed by atoms with E-state index in [9.17, 15) is 25.9 Å². The van der Waals surface area contributed by atoms with E-state index in [1.807, 2.05) is 0 Å². The van der Waals surface area contributed by atoms with Gasteiger partial charge in [0.15, 0.2) is 0 Å². The van der Waals surface area contributed by atoms with Crippen molar-refractivity contribution >= 4 is 48.4 Å². The maximum atomic E-state index is 11.6. The molecule has 0 radical (unpaired) electrons. The second kappa shape index (κ2) is 17.2. The van der Waals surface area contributed by atoms with E-state index in [4.69, 9.17) is 12.2 Å². The van der Waals surface area contributed by atoms with Crippen LogP contribution in [0, 0.1) is 0 Å². The summed E-state index contributed by atoms with van der Waals surface area (Å²) in [6, 6.07) is 2.54. The Hall–Kier alpha value is 0.600. The topological polar surface area (TPSA) is 143 Å². The van der Waals surface area contributed by atoms with Crippen LogP contribution in [0.25, 0.3) is 11.0 Å². The molecule has 1 heterocycles. The fourth-order valence-corrected chi connectivity index (χ4v) is 5.13. The average Bonchev–Trinajstić information content (AvgIpc) is 3.11. The number of hydrogen-bond donors (Lipinski definition) is 1. The summed E-state index contributed by atoms with van der Waals surface area (Å²) in [6.45, 7) is 2.20. The number of aromatic nitrogens is 2. The van der Waals surface area contributed by atoms with E-state index < -0.39 is 26.0 Å². The van der Waals surface area contributed by atoms with Gasteiger partial charge in [-0.1, -0.05) is 64.1 Å². The number of imidazole rings is 1. The number of unbranched alkanes of at least 4 members (excludes halogenated alkanes) is 7. The van der Waals surface area contributed by atoms with Gasteiger partial charge in [-0.3, -0.25) is 0 Å². The standard InChI is InChI=1S/C22H34N2O6S3.2Na/c1-2-3-4-5-6-7-8-9-11-18(31)14-17-15-19(33(28,29)30)16-20-22(17)24-21(23-20)12-10-13-32(25,26)27;;/h15-16H,2-14H2,1H3,(H,23,24)(H,25,26,27)(H,28,29,30);;/q;2*+1/p-2. The van der Waals surface area contributed by atoms with Crippen molar-refractivity contribution in [1.29, 1.82) is 0 Å². The van der Waals surface area contributed by atoms with Crippen LogP contribution in [0.3, 0.4) is 0 Å². The Morgan fingerprint density at radius 1 is 0.943 bits per heavy atom. The van der Waals surface area contributed by atoms with Crippen molar-refractivity contribution < 1.29 is 85.1 Å². The zero-order valence-electron chi connectivity index (χ0n) is 21.0. The molecule has 2 aromatic rings. The maximum absolute atomic E-state index is 11.6. The van der Waals surface area contributed by atoms with Gasteiger partial charge >= 0.3 is 59.1 Å². The molecule has 0 aliphatic rings. The quantitative estimate of drug-likeness (QED) is 0.112. The number of rotatable bonds is 16. The van der Waals surface area contributed by atoms with Crippen LogP contribution in [-0.2, 0) is 33.1 Å². The van der Waals surface area contributed by atoms with Gasteiger partial charge < -0.3 is 14.1 Å². The molecule has 186 valence electrons. The van der Waals surface area contributed by atoms with E-state index >= 15 is 0 Å². The molecular weight excluding hydrogens is 530 g/mol. The third-order valence-electron chi connectivity index (χ3n) is 5.48. The van der Waals surface area contributed by atoms with E-state index in [-0.39, 0.29) is 76.9 Å². The number of thiocarbonyl (C=S) groups is 1. The zero-order chi connectivity index (χ0) is 24.5. The van der Waals surface area contributed by atoms with Gasteiger partial charge in [-0.25, -0.2) is 21.8 Å². The molecule has 1 aromatic heterocycles. The molecule has 0 amide bonds. The van der Waals surface area contributed by atoms with Gasteiger partial charge in [0.2, 0.25) is 0 Å². The van der Waals surface area contributed by atoms with Gasteiger partial charge in [-0.2, -0.15) is 0 Å². The van der Waals surface area contributed by atoms with Crippen molar-refractivity contribution in [2.45, 2.75) is 88.9 Å². The Kier molecular flexibility index (Phi) is 17.5. The molecule has 0 unspecified atom stereocenters. The van der Waals surface area contributed by atoms with Gasteiger partial charge in [-0.05, 0) is 41.8 Å². The summed E-state index contributed by atoms with van der Waals surface area (Å²) in [7, 11) is -9.00. The van der Waals surface area contributed by atoms with Crippen molar-refractivity contribution in [3.63, 3.8) is 0 Å². The Balaban J connectivity index is 0.00000578. The zero-order valence-corrected chi connectivity index (χ0v) is 27.4. The van der Waals surface area contributed by atoms with Crippen molar-refractivity contribution in [3.05, 3.63) is 23.5 Å². The minimum atomic E-state index is -4.68. The number of benzene rings is 1. The third-order valence-corrected chi connectivity index (χ3v) is 7.43. The fourth-order valence-electron chi connectivity index (χ4n) is 3.78. The summed E-state index contributed by atoms with van der Waals surface area (Å²) in [4.78, 5) is 7.78. The average molecular weight is 563 g/mol. The van der Waals surface area contributed by atoms with Crippen molar-refractivity contribution in [2.75, 3.05) is 5.75 Å². The first-order valence-electron chi connectivity index (χ1n) is 11.4. The monoisotopic (exact) mass is 562 g/mol. The van der Waals surface area contributed by atoms with Crippen molar-refractivity contribution in [2.24, 2.45) is 0 Å².